The number of hydrogen-bond donors (Lipinski definition) is 2. The molecule has 1 aromatic carbocycles. The lowest BCUT2D eigenvalue weighted by Gasteiger charge is -2.30. The number of benzene rings is 1. The second-order valence-electron chi connectivity index (χ2n) is 7.78. The fourth-order valence-corrected chi connectivity index (χ4v) is 3.96. The number of nitrogens with zero attached hydrogens (tertiary/aromatic N) is 3. The molecule has 5 heteroatoms. The Morgan fingerprint density at radius 2 is 1.48 bits per heavy atom. The van der Waals surface area contributed by atoms with Crippen LogP contribution in [0.1, 0.15) is 32.8 Å². The fourth-order valence-electron chi connectivity index (χ4n) is 3.96. The summed E-state index contributed by atoms with van der Waals surface area (Å²) in [5, 5.41) is 3.71. The van der Waals surface area contributed by atoms with E-state index >= 15 is 0 Å². The first kappa shape index (κ1) is 22.2. The van der Waals surface area contributed by atoms with Gasteiger partial charge in [-0.1, -0.05) is 32.9 Å². The highest BCUT2D eigenvalue weighted by molar-refractivity contribution is 5.39. The number of hydrogen-bond acceptors (Lipinski definition) is 5. The molecule has 0 amide bonds. The molecule has 1 heterocycles. The Kier molecular flexibility index (Phi) is 10.1. The van der Waals surface area contributed by atoms with Crippen LogP contribution in [-0.2, 0) is 6.42 Å². The molecule has 5 nitrogen and oxygen atoms in total. The van der Waals surface area contributed by atoms with E-state index in [9.17, 15) is 0 Å². The minimum absolute atomic E-state index is 0.481. The molecule has 0 bridgehead atoms. The number of likely N-dealkylation sites (N-methyl/N-ethyl adjacent to an activating group) is 2. The van der Waals surface area contributed by atoms with Gasteiger partial charge in [0.15, 0.2) is 0 Å². The maximum absolute atomic E-state index is 5.84. The smallest absolute Gasteiger partial charge is 0.0314 e. The average Bonchev–Trinajstić information content (AvgIpc) is 2.75. The van der Waals surface area contributed by atoms with E-state index < -0.39 is 0 Å². The largest absolute Gasteiger partial charge is 0.399 e. The molecule has 2 rings (SSSR count). The van der Waals surface area contributed by atoms with Crippen molar-refractivity contribution < 1.29 is 0 Å². The van der Waals surface area contributed by atoms with Gasteiger partial charge in [0.2, 0.25) is 0 Å². The molecule has 0 radical (unpaired) electrons. The van der Waals surface area contributed by atoms with Crippen molar-refractivity contribution in [2.75, 3.05) is 71.2 Å². The second-order valence-corrected chi connectivity index (χ2v) is 7.78. The number of nitrogen functional groups attached to an aromatic ring is 1. The normalized spacial score (nSPS) is 19.4. The number of nitrogens with one attached hydrogen (secondary N) is 1. The minimum atomic E-state index is 0.481. The lowest BCUT2D eigenvalue weighted by molar-refractivity contribution is 0.201. The fraction of sp³-hybridized carbons (Fsp3) is 0.727. The Bertz CT molecular complexity index is 504. The van der Waals surface area contributed by atoms with Gasteiger partial charge in [-0.3, -0.25) is 4.90 Å². The summed E-state index contributed by atoms with van der Waals surface area (Å²) in [6.45, 7) is 18.4. The van der Waals surface area contributed by atoms with Gasteiger partial charge < -0.3 is 20.9 Å². The summed E-state index contributed by atoms with van der Waals surface area (Å²) in [6.07, 6.45) is 2.30. The maximum Gasteiger partial charge on any atom is 0.0314 e. The highest BCUT2D eigenvalue weighted by atomic mass is 15.3. The van der Waals surface area contributed by atoms with Crippen LogP contribution in [0.4, 0.5) is 5.69 Å². The SMILES string of the molecule is CCCN1CCN(CC)CCN(CC(Cc2ccc(N)cc2)NCC)CC1. The molecule has 0 aromatic heterocycles. The summed E-state index contributed by atoms with van der Waals surface area (Å²) < 4.78 is 0. The Hall–Kier alpha value is -1.14. The van der Waals surface area contributed by atoms with Crippen LogP contribution < -0.4 is 11.1 Å². The van der Waals surface area contributed by atoms with Crippen LogP contribution in [-0.4, -0.2) is 86.2 Å². The van der Waals surface area contributed by atoms with E-state index in [1.54, 1.807) is 0 Å². The van der Waals surface area contributed by atoms with Crippen LogP contribution in [0.2, 0.25) is 0 Å². The van der Waals surface area contributed by atoms with E-state index in [0.717, 1.165) is 38.3 Å². The van der Waals surface area contributed by atoms with Gasteiger partial charge in [-0.05, 0) is 50.2 Å². The zero-order chi connectivity index (χ0) is 19.5. The van der Waals surface area contributed by atoms with Crippen molar-refractivity contribution in [3.8, 4) is 0 Å². The highest BCUT2D eigenvalue weighted by Crippen LogP contribution is 2.10. The van der Waals surface area contributed by atoms with Crippen molar-refractivity contribution in [1.82, 2.24) is 20.0 Å². The summed E-state index contributed by atoms with van der Waals surface area (Å²) in [5.41, 5.74) is 8.05. The number of nitrogens with two attached hydrogens (primary N) is 1. The van der Waals surface area contributed by atoms with Crippen LogP contribution in [0.25, 0.3) is 0 Å². The third kappa shape index (κ3) is 8.18. The Morgan fingerprint density at radius 3 is 2.04 bits per heavy atom. The van der Waals surface area contributed by atoms with Crippen molar-refractivity contribution in [1.29, 1.82) is 0 Å². The molecule has 1 aliphatic rings. The van der Waals surface area contributed by atoms with E-state index in [-0.39, 0.29) is 0 Å². The van der Waals surface area contributed by atoms with Gasteiger partial charge in [0.1, 0.15) is 0 Å². The zero-order valence-electron chi connectivity index (χ0n) is 17.8. The molecule has 0 saturated carbocycles. The molecule has 1 fully saturated rings. The van der Waals surface area contributed by atoms with Crippen LogP contribution >= 0.6 is 0 Å². The third-order valence-electron chi connectivity index (χ3n) is 5.62. The van der Waals surface area contributed by atoms with E-state index in [4.69, 9.17) is 5.73 Å². The first-order chi connectivity index (χ1) is 13.1. The molecule has 0 spiro atoms. The predicted octanol–water partition coefficient (Wildman–Crippen LogP) is 2.14. The molecule has 27 heavy (non-hydrogen) atoms. The summed E-state index contributed by atoms with van der Waals surface area (Å²) in [6, 6.07) is 8.84. The van der Waals surface area contributed by atoms with Gasteiger partial charge >= 0.3 is 0 Å². The zero-order valence-corrected chi connectivity index (χ0v) is 17.8. The van der Waals surface area contributed by atoms with Gasteiger partial charge in [-0.15, -0.1) is 0 Å². The first-order valence-corrected chi connectivity index (χ1v) is 10.9. The van der Waals surface area contributed by atoms with Crippen LogP contribution in [0.15, 0.2) is 24.3 Å². The lowest BCUT2D eigenvalue weighted by Crippen LogP contribution is -2.46. The standard InChI is InChI=1S/C22H41N5/c1-4-11-26-14-12-25(6-3)13-16-27(17-15-26)19-22(24-5-2)18-20-7-9-21(23)10-8-20/h7-10,22,24H,4-6,11-19,23H2,1-3H3. The molecule has 1 aromatic rings. The van der Waals surface area contributed by atoms with E-state index in [0.29, 0.717) is 6.04 Å². The molecule has 3 N–H and O–H groups in total. The van der Waals surface area contributed by atoms with E-state index in [1.807, 2.05) is 12.1 Å². The lowest BCUT2D eigenvalue weighted by atomic mass is 10.0. The van der Waals surface area contributed by atoms with Gasteiger partial charge in [0, 0.05) is 57.5 Å². The Morgan fingerprint density at radius 1 is 0.889 bits per heavy atom. The topological polar surface area (TPSA) is 47.8 Å². The van der Waals surface area contributed by atoms with Crippen molar-refractivity contribution >= 4 is 5.69 Å². The highest BCUT2D eigenvalue weighted by Gasteiger charge is 2.18. The van der Waals surface area contributed by atoms with Crippen molar-refractivity contribution in [3.05, 3.63) is 29.8 Å². The predicted molar refractivity (Wildman–Crippen MR) is 117 cm³/mol. The maximum atomic E-state index is 5.84. The number of rotatable bonds is 9. The van der Waals surface area contributed by atoms with E-state index in [1.165, 1.54) is 51.3 Å². The minimum Gasteiger partial charge on any atom is -0.399 e. The van der Waals surface area contributed by atoms with Crippen molar-refractivity contribution in [3.63, 3.8) is 0 Å². The molecule has 1 atom stereocenters. The summed E-state index contributed by atoms with van der Waals surface area (Å²) in [4.78, 5) is 7.91. The Labute approximate surface area is 166 Å². The van der Waals surface area contributed by atoms with Crippen molar-refractivity contribution in [2.24, 2.45) is 0 Å². The first-order valence-electron chi connectivity index (χ1n) is 10.9. The van der Waals surface area contributed by atoms with E-state index in [2.05, 4.69) is 52.9 Å². The second kappa shape index (κ2) is 12.3. The molecule has 0 aliphatic carbocycles. The van der Waals surface area contributed by atoms with Gasteiger partial charge in [-0.2, -0.15) is 0 Å². The van der Waals surface area contributed by atoms with Crippen LogP contribution in [0, 0.1) is 0 Å². The van der Waals surface area contributed by atoms with Gasteiger partial charge in [-0.25, -0.2) is 0 Å². The van der Waals surface area contributed by atoms with Gasteiger partial charge in [0.05, 0.1) is 0 Å². The third-order valence-corrected chi connectivity index (χ3v) is 5.62. The molecule has 1 aliphatic heterocycles. The molecule has 1 saturated heterocycles. The molecular formula is C22H41N5. The van der Waals surface area contributed by atoms with Crippen LogP contribution in [0.5, 0.6) is 0 Å². The summed E-state index contributed by atoms with van der Waals surface area (Å²) >= 11 is 0. The molecule has 1 unspecified atom stereocenters. The monoisotopic (exact) mass is 375 g/mol. The number of anilines is 1. The quantitative estimate of drug-likeness (QED) is 0.648. The van der Waals surface area contributed by atoms with Crippen molar-refractivity contribution in [2.45, 2.75) is 39.7 Å². The van der Waals surface area contributed by atoms with Gasteiger partial charge in [0.25, 0.3) is 0 Å². The summed E-state index contributed by atoms with van der Waals surface area (Å²) in [7, 11) is 0. The van der Waals surface area contributed by atoms with Crippen LogP contribution in [0.3, 0.4) is 0 Å². The Balaban J connectivity index is 1.98. The summed E-state index contributed by atoms with van der Waals surface area (Å²) in [5.74, 6) is 0. The molecule has 154 valence electrons. The molecular weight excluding hydrogens is 334 g/mol. The average molecular weight is 376 g/mol.